The Labute approximate surface area is 328 Å². The Morgan fingerprint density at radius 3 is 2.21 bits per heavy atom. The molecule has 8 rings (SSSR count). The van der Waals surface area contributed by atoms with E-state index in [0.717, 1.165) is 71.3 Å². The summed E-state index contributed by atoms with van der Waals surface area (Å²) in [5, 5.41) is 11.5. The average molecular weight is 773 g/mol. The first kappa shape index (κ1) is 37.4. The number of piperazine rings is 1. The van der Waals surface area contributed by atoms with Gasteiger partial charge in [-0.1, -0.05) is 35.9 Å². The average Bonchev–Trinajstić information content (AvgIpc) is 3.54. The van der Waals surface area contributed by atoms with Crippen LogP contribution in [0.3, 0.4) is 0 Å². The molecule has 1 saturated heterocycles. The molecular formula is C44H44N4O7S. The van der Waals surface area contributed by atoms with Crippen molar-refractivity contribution in [1.82, 2.24) is 19.4 Å². The van der Waals surface area contributed by atoms with Crippen molar-refractivity contribution in [1.29, 1.82) is 0 Å². The van der Waals surface area contributed by atoms with Crippen LogP contribution in [0.15, 0.2) is 89.7 Å². The highest BCUT2D eigenvalue weighted by atomic mass is 32.1. The van der Waals surface area contributed by atoms with E-state index in [4.69, 9.17) is 19.2 Å². The zero-order valence-electron chi connectivity index (χ0n) is 31.5. The van der Waals surface area contributed by atoms with Crippen molar-refractivity contribution in [2.45, 2.75) is 39.2 Å². The molecule has 288 valence electrons. The molecule has 2 aliphatic rings. The number of rotatable bonds is 12. The maximum atomic E-state index is 13.5. The number of phenols is 1. The van der Waals surface area contributed by atoms with Gasteiger partial charge in [0, 0.05) is 55.8 Å². The van der Waals surface area contributed by atoms with Gasteiger partial charge in [0.05, 0.1) is 22.7 Å². The van der Waals surface area contributed by atoms with Crippen LogP contribution in [0.1, 0.15) is 36.7 Å². The molecule has 2 aromatic heterocycles. The lowest BCUT2D eigenvalue weighted by atomic mass is 9.92. The third-order valence-electron chi connectivity index (χ3n) is 10.6. The second-order valence-electron chi connectivity index (χ2n) is 14.5. The van der Waals surface area contributed by atoms with Crippen LogP contribution in [0.2, 0.25) is 0 Å². The second-order valence-corrected chi connectivity index (χ2v) is 15.5. The number of carbonyl (C=O) groups is 2. The molecule has 3 heterocycles. The number of hydrogen-bond acceptors (Lipinski definition) is 11. The minimum Gasteiger partial charge on any atom is -0.508 e. The molecule has 1 aliphatic carbocycles. The Morgan fingerprint density at radius 1 is 0.804 bits per heavy atom. The van der Waals surface area contributed by atoms with Crippen LogP contribution in [0, 0.1) is 13.8 Å². The highest BCUT2D eigenvalue weighted by Crippen LogP contribution is 2.47. The fourth-order valence-electron chi connectivity index (χ4n) is 7.51. The van der Waals surface area contributed by atoms with Crippen molar-refractivity contribution in [2.75, 3.05) is 52.5 Å². The normalized spacial score (nSPS) is 16.8. The predicted molar refractivity (Wildman–Crippen MR) is 218 cm³/mol. The van der Waals surface area contributed by atoms with E-state index in [2.05, 4.69) is 41.0 Å². The van der Waals surface area contributed by atoms with E-state index in [1.54, 1.807) is 42.5 Å². The quantitative estimate of drug-likeness (QED) is 0.127. The lowest BCUT2D eigenvalue weighted by molar-refractivity contribution is -0.132. The molecule has 11 nitrogen and oxygen atoms in total. The lowest BCUT2D eigenvalue weighted by Gasteiger charge is -2.34. The van der Waals surface area contributed by atoms with Gasteiger partial charge in [0.2, 0.25) is 0 Å². The molecular weight excluding hydrogens is 729 g/mol. The molecule has 0 amide bonds. The van der Waals surface area contributed by atoms with Gasteiger partial charge in [-0.2, -0.15) is 0 Å². The summed E-state index contributed by atoms with van der Waals surface area (Å²) in [5.41, 5.74) is 2.47. The van der Waals surface area contributed by atoms with Gasteiger partial charge in [0.1, 0.15) is 53.3 Å². The van der Waals surface area contributed by atoms with E-state index in [9.17, 15) is 19.5 Å². The number of para-hydroxylation sites is 1. The molecule has 0 bridgehead atoms. The smallest absolute Gasteiger partial charge is 0.262 e. The molecule has 1 unspecified atom stereocenters. The SMILES string of the molecule is Cc1ccc(-c2sc3cc(O)ccc3c2Oc2ccc(OCCN3CCN(CCOc4cccc5c(=O)n(C6CCC(=O)CC6=O)c(C)nc45)CC3)cc2)cc1. The summed E-state index contributed by atoms with van der Waals surface area (Å²) >= 11 is 1.60. The van der Waals surface area contributed by atoms with Crippen LogP contribution in [-0.2, 0) is 9.59 Å². The number of carbonyl (C=O) groups excluding carboxylic acids is 2. The zero-order chi connectivity index (χ0) is 38.8. The predicted octanol–water partition coefficient (Wildman–Crippen LogP) is 7.33. The van der Waals surface area contributed by atoms with Crippen molar-refractivity contribution in [3.8, 4) is 39.2 Å². The first-order chi connectivity index (χ1) is 27.2. The van der Waals surface area contributed by atoms with E-state index in [1.807, 2.05) is 36.4 Å². The third-order valence-corrected chi connectivity index (χ3v) is 11.8. The molecule has 1 aliphatic heterocycles. The monoisotopic (exact) mass is 772 g/mol. The van der Waals surface area contributed by atoms with Gasteiger partial charge in [-0.25, -0.2) is 4.98 Å². The van der Waals surface area contributed by atoms with Crippen molar-refractivity contribution < 1.29 is 28.9 Å². The third kappa shape index (κ3) is 8.04. The highest BCUT2D eigenvalue weighted by Gasteiger charge is 2.31. The molecule has 2 fully saturated rings. The number of aromatic nitrogens is 2. The molecule has 56 heavy (non-hydrogen) atoms. The zero-order valence-corrected chi connectivity index (χ0v) is 32.3. The van der Waals surface area contributed by atoms with Crippen LogP contribution in [0.4, 0.5) is 0 Å². The van der Waals surface area contributed by atoms with E-state index in [0.29, 0.717) is 47.9 Å². The number of fused-ring (bicyclic) bond motifs is 2. The lowest BCUT2D eigenvalue weighted by Crippen LogP contribution is -2.48. The molecule has 12 heteroatoms. The summed E-state index contributed by atoms with van der Waals surface area (Å²) in [6.07, 6.45) is 0.480. The Morgan fingerprint density at radius 2 is 1.50 bits per heavy atom. The van der Waals surface area contributed by atoms with Crippen molar-refractivity contribution >= 4 is 43.9 Å². The van der Waals surface area contributed by atoms with Crippen molar-refractivity contribution in [2.24, 2.45) is 0 Å². The largest absolute Gasteiger partial charge is 0.508 e. The number of benzene rings is 4. The number of ketones is 2. The summed E-state index contributed by atoms with van der Waals surface area (Å²) in [6.45, 7) is 10.0. The Bertz CT molecular complexity index is 2450. The first-order valence-electron chi connectivity index (χ1n) is 19.1. The minimum absolute atomic E-state index is 0.0805. The number of hydrogen-bond donors (Lipinski definition) is 1. The first-order valence-corrected chi connectivity index (χ1v) is 19.9. The van der Waals surface area contributed by atoms with Crippen LogP contribution in [-0.4, -0.2) is 88.5 Å². The summed E-state index contributed by atoms with van der Waals surface area (Å²) in [7, 11) is 0. The maximum absolute atomic E-state index is 13.5. The molecule has 1 saturated carbocycles. The molecule has 0 radical (unpaired) electrons. The van der Waals surface area contributed by atoms with E-state index in [1.165, 1.54) is 10.1 Å². The van der Waals surface area contributed by atoms with Gasteiger partial charge in [0.25, 0.3) is 5.56 Å². The van der Waals surface area contributed by atoms with Crippen LogP contribution in [0.25, 0.3) is 31.4 Å². The highest BCUT2D eigenvalue weighted by molar-refractivity contribution is 7.22. The second kappa shape index (κ2) is 16.3. The number of nitrogens with zero attached hydrogens (tertiary/aromatic N) is 4. The molecule has 6 aromatic rings. The minimum atomic E-state index is -0.658. The molecule has 4 aromatic carbocycles. The van der Waals surface area contributed by atoms with Crippen LogP contribution < -0.4 is 19.8 Å². The Kier molecular flexibility index (Phi) is 10.9. The standard InChI is InChI=1S/C44H44N4O7S/c1-28-6-8-30(9-7-28)43-42(35-16-10-32(50)27-40(35)56-43)55-34-14-12-33(13-15-34)53-24-22-46-18-20-47(21-19-46)23-25-54-39-5-3-4-36-41(39)45-29(2)48(44(36)52)37-17-11-31(49)26-38(37)51/h3-10,12-16,27,37,50H,11,17-26H2,1-2H3. The van der Waals surface area contributed by atoms with Gasteiger partial charge in [0.15, 0.2) is 11.5 Å². The van der Waals surface area contributed by atoms with Crippen molar-refractivity contribution in [3.05, 3.63) is 107 Å². The molecule has 0 spiro atoms. The van der Waals surface area contributed by atoms with Crippen LogP contribution >= 0.6 is 11.3 Å². The summed E-state index contributed by atoms with van der Waals surface area (Å²) in [4.78, 5) is 48.3. The molecule has 1 N–H and O–H groups in total. The number of aryl methyl sites for hydroxylation is 2. The summed E-state index contributed by atoms with van der Waals surface area (Å²) in [6, 6.07) is 26.1. The van der Waals surface area contributed by atoms with Gasteiger partial charge in [-0.3, -0.25) is 28.8 Å². The van der Waals surface area contributed by atoms with E-state index in [-0.39, 0.29) is 35.7 Å². The fourth-order valence-corrected chi connectivity index (χ4v) is 8.68. The van der Waals surface area contributed by atoms with Crippen molar-refractivity contribution in [3.63, 3.8) is 0 Å². The van der Waals surface area contributed by atoms with Gasteiger partial charge < -0.3 is 19.3 Å². The summed E-state index contributed by atoms with van der Waals surface area (Å²) in [5.74, 6) is 3.17. The van der Waals surface area contributed by atoms with E-state index >= 15 is 0 Å². The fraction of sp³-hybridized carbons (Fsp3) is 0.318. The topological polar surface area (TPSA) is 123 Å². The van der Waals surface area contributed by atoms with Gasteiger partial charge >= 0.3 is 0 Å². The van der Waals surface area contributed by atoms with Crippen LogP contribution in [0.5, 0.6) is 28.7 Å². The molecule has 1 atom stereocenters. The number of phenolic OH excluding ortho intramolecular Hbond substituents is 1. The van der Waals surface area contributed by atoms with Gasteiger partial charge in [-0.15, -0.1) is 11.3 Å². The van der Waals surface area contributed by atoms with E-state index < -0.39 is 6.04 Å². The number of ether oxygens (including phenoxy) is 3. The number of aromatic hydroxyl groups is 1. The Hall–Kier alpha value is -5.56. The Balaban J connectivity index is 0.805. The maximum Gasteiger partial charge on any atom is 0.262 e. The summed E-state index contributed by atoms with van der Waals surface area (Å²) < 4.78 is 21.2. The number of thiophene rings is 1. The number of Topliss-reactive ketones (excluding diaryl/α,β-unsaturated/α-hetero) is 2. The van der Waals surface area contributed by atoms with Gasteiger partial charge in [-0.05, 0) is 80.4 Å².